The number of nitrogens with zero attached hydrogens (tertiary/aromatic N) is 5. The smallest absolute Gasteiger partial charge is 0.270 e. The number of hydrogen-bond donors (Lipinski definition) is 0. The molecular formula is C21H23N5O2. The largest absolute Gasteiger partial charge is 0.307 e. The molecule has 0 unspecified atom stereocenters. The lowest BCUT2D eigenvalue weighted by molar-refractivity contribution is -0.384. The predicted molar refractivity (Wildman–Crippen MR) is 110 cm³/mol. The summed E-state index contributed by atoms with van der Waals surface area (Å²) in [4.78, 5) is 22.3. The number of hydrogen-bond acceptors (Lipinski definition) is 5. The van der Waals surface area contributed by atoms with Crippen LogP contribution in [0.4, 0.5) is 11.6 Å². The number of rotatable bonds is 6. The van der Waals surface area contributed by atoms with Crippen molar-refractivity contribution in [3.8, 4) is 0 Å². The van der Waals surface area contributed by atoms with Gasteiger partial charge in [0.05, 0.1) is 16.0 Å². The summed E-state index contributed by atoms with van der Waals surface area (Å²) in [6.07, 6.45) is 5.50. The van der Waals surface area contributed by atoms with E-state index in [0.717, 1.165) is 37.2 Å². The van der Waals surface area contributed by atoms with Crippen molar-refractivity contribution in [2.45, 2.75) is 25.8 Å². The van der Waals surface area contributed by atoms with Crippen molar-refractivity contribution in [3.63, 3.8) is 0 Å². The van der Waals surface area contributed by atoms with Crippen LogP contribution in [0.1, 0.15) is 24.8 Å². The first-order chi connectivity index (χ1) is 13.7. The third-order valence-corrected chi connectivity index (χ3v) is 5.13. The Balaban J connectivity index is 1.60. The molecule has 7 nitrogen and oxygen atoms in total. The molecule has 1 aliphatic heterocycles. The molecule has 144 valence electrons. The molecular weight excluding hydrogens is 354 g/mol. The number of aliphatic imine (C=N–C) groups is 1. The average Bonchev–Trinajstić information content (AvgIpc) is 3.09. The van der Waals surface area contributed by atoms with Crippen molar-refractivity contribution in [2.75, 3.05) is 19.6 Å². The van der Waals surface area contributed by atoms with E-state index in [2.05, 4.69) is 25.5 Å². The van der Waals surface area contributed by atoms with Gasteiger partial charge in [0.2, 0.25) is 5.95 Å². The zero-order valence-electron chi connectivity index (χ0n) is 15.7. The number of likely N-dealkylation sites (tertiary alicyclic amines) is 1. The van der Waals surface area contributed by atoms with Crippen molar-refractivity contribution in [1.82, 2.24) is 14.5 Å². The van der Waals surface area contributed by atoms with Gasteiger partial charge in [0.25, 0.3) is 5.69 Å². The SMILES string of the molecule is O=[N+]([O-])c1cccc(C=Nc2nc3ccccc3n2CCN2CCCCC2)c1. The second-order valence-electron chi connectivity index (χ2n) is 7.06. The van der Waals surface area contributed by atoms with Crippen molar-refractivity contribution < 1.29 is 4.92 Å². The lowest BCUT2D eigenvalue weighted by Gasteiger charge is -2.26. The van der Waals surface area contributed by atoms with Gasteiger partial charge in [-0.3, -0.25) is 10.1 Å². The maximum absolute atomic E-state index is 11.0. The van der Waals surface area contributed by atoms with Crippen LogP contribution in [0.5, 0.6) is 0 Å². The molecule has 0 aliphatic carbocycles. The third kappa shape index (κ3) is 4.09. The molecule has 0 N–H and O–H groups in total. The highest BCUT2D eigenvalue weighted by Gasteiger charge is 2.13. The molecule has 2 aromatic carbocycles. The van der Waals surface area contributed by atoms with E-state index in [1.165, 1.54) is 31.4 Å². The van der Waals surface area contributed by atoms with E-state index in [9.17, 15) is 10.1 Å². The molecule has 4 rings (SSSR count). The first-order valence-corrected chi connectivity index (χ1v) is 9.67. The van der Waals surface area contributed by atoms with Crippen molar-refractivity contribution in [1.29, 1.82) is 0 Å². The molecule has 1 saturated heterocycles. The Morgan fingerprint density at radius 1 is 1.07 bits per heavy atom. The highest BCUT2D eigenvalue weighted by molar-refractivity contribution is 5.84. The van der Waals surface area contributed by atoms with Gasteiger partial charge < -0.3 is 9.47 Å². The highest BCUT2D eigenvalue weighted by Crippen LogP contribution is 2.22. The lowest BCUT2D eigenvalue weighted by atomic mass is 10.1. The predicted octanol–water partition coefficient (Wildman–Crippen LogP) is 4.18. The number of non-ortho nitro benzene ring substituents is 1. The quantitative estimate of drug-likeness (QED) is 0.367. The molecule has 0 bridgehead atoms. The average molecular weight is 377 g/mol. The molecule has 0 saturated carbocycles. The van der Waals surface area contributed by atoms with E-state index in [0.29, 0.717) is 11.5 Å². The van der Waals surface area contributed by atoms with Gasteiger partial charge in [-0.15, -0.1) is 0 Å². The zero-order valence-corrected chi connectivity index (χ0v) is 15.7. The van der Waals surface area contributed by atoms with E-state index in [1.807, 2.05) is 18.2 Å². The van der Waals surface area contributed by atoms with Crippen LogP contribution in [0, 0.1) is 10.1 Å². The van der Waals surface area contributed by atoms with Crippen LogP contribution < -0.4 is 0 Å². The first kappa shape index (κ1) is 18.3. The van der Waals surface area contributed by atoms with Gasteiger partial charge in [0.15, 0.2) is 0 Å². The molecule has 0 radical (unpaired) electrons. The summed E-state index contributed by atoms with van der Waals surface area (Å²) in [6, 6.07) is 14.5. The van der Waals surface area contributed by atoms with Crippen LogP contribution in [0.25, 0.3) is 11.0 Å². The van der Waals surface area contributed by atoms with Gasteiger partial charge in [0.1, 0.15) is 0 Å². The highest BCUT2D eigenvalue weighted by atomic mass is 16.6. The van der Waals surface area contributed by atoms with Crippen LogP contribution in [0.3, 0.4) is 0 Å². The topological polar surface area (TPSA) is 76.6 Å². The fourth-order valence-corrected chi connectivity index (χ4v) is 3.66. The minimum atomic E-state index is -0.398. The number of benzene rings is 2. The third-order valence-electron chi connectivity index (χ3n) is 5.13. The number of imidazole rings is 1. The summed E-state index contributed by atoms with van der Waals surface area (Å²) in [7, 11) is 0. The molecule has 2 heterocycles. The second-order valence-corrected chi connectivity index (χ2v) is 7.06. The fraction of sp³-hybridized carbons (Fsp3) is 0.333. The van der Waals surface area contributed by atoms with Crippen LogP contribution in [0.15, 0.2) is 53.5 Å². The normalized spacial score (nSPS) is 15.4. The Hall–Kier alpha value is -3.06. The Morgan fingerprint density at radius 2 is 1.89 bits per heavy atom. The molecule has 0 amide bonds. The summed E-state index contributed by atoms with van der Waals surface area (Å²) < 4.78 is 2.14. The molecule has 28 heavy (non-hydrogen) atoms. The van der Waals surface area contributed by atoms with Crippen molar-refractivity contribution >= 4 is 28.9 Å². The maximum atomic E-state index is 11.0. The standard InChI is InChI=1S/C21H23N5O2/c27-26(28)18-8-6-7-17(15-18)16-22-21-23-19-9-2-3-10-20(19)25(21)14-13-24-11-4-1-5-12-24/h2-3,6-10,15-16H,1,4-5,11-14H2. The molecule has 0 atom stereocenters. The minimum absolute atomic E-state index is 0.0579. The Bertz CT molecular complexity index is 1000. The van der Waals surface area contributed by atoms with Crippen LogP contribution >= 0.6 is 0 Å². The number of fused-ring (bicyclic) bond motifs is 1. The summed E-state index contributed by atoms with van der Waals surface area (Å²) in [6.45, 7) is 4.10. The van der Waals surface area contributed by atoms with Gasteiger partial charge in [-0.2, -0.15) is 0 Å². The second kappa shape index (κ2) is 8.31. The Kier molecular flexibility index (Phi) is 5.43. The van der Waals surface area contributed by atoms with Crippen LogP contribution in [-0.4, -0.2) is 45.2 Å². The van der Waals surface area contributed by atoms with Crippen molar-refractivity contribution in [2.24, 2.45) is 4.99 Å². The number of para-hydroxylation sites is 2. The van der Waals surface area contributed by atoms with Crippen LogP contribution in [-0.2, 0) is 6.54 Å². The lowest BCUT2D eigenvalue weighted by Crippen LogP contribution is -2.32. The Labute approximate surface area is 163 Å². The molecule has 7 heteroatoms. The number of piperidine rings is 1. The fourth-order valence-electron chi connectivity index (χ4n) is 3.66. The van der Waals surface area contributed by atoms with E-state index in [-0.39, 0.29) is 5.69 Å². The summed E-state index contributed by atoms with van der Waals surface area (Å²) in [5.74, 6) is 0.629. The van der Waals surface area contributed by atoms with Gasteiger partial charge in [0, 0.05) is 31.4 Å². The van der Waals surface area contributed by atoms with E-state index in [4.69, 9.17) is 0 Å². The van der Waals surface area contributed by atoms with E-state index < -0.39 is 4.92 Å². The molecule has 1 fully saturated rings. The van der Waals surface area contributed by atoms with E-state index >= 15 is 0 Å². The van der Waals surface area contributed by atoms with E-state index in [1.54, 1.807) is 18.3 Å². The van der Waals surface area contributed by atoms with Crippen LogP contribution in [0.2, 0.25) is 0 Å². The summed E-state index contributed by atoms with van der Waals surface area (Å²) >= 11 is 0. The van der Waals surface area contributed by atoms with Gasteiger partial charge in [-0.25, -0.2) is 9.98 Å². The van der Waals surface area contributed by atoms with Gasteiger partial charge in [-0.1, -0.05) is 30.7 Å². The molecule has 1 aliphatic rings. The summed E-state index contributed by atoms with van der Waals surface area (Å²) in [5, 5.41) is 11.0. The Morgan fingerprint density at radius 3 is 2.71 bits per heavy atom. The van der Waals surface area contributed by atoms with Gasteiger partial charge in [-0.05, 0) is 43.6 Å². The maximum Gasteiger partial charge on any atom is 0.270 e. The molecule has 0 spiro atoms. The molecule has 1 aromatic heterocycles. The monoisotopic (exact) mass is 377 g/mol. The molecule has 3 aromatic rings. The summed E-state index contributed by atoms with van der Waals surface area (Å²) in [5.41, 5.74) is 2.71. The first-order valence-electron chi connectivity index (χ1n) is 9.67. The number of aromatic nitrogens is 2. The minimum Gasteiger partial charge on any atom is -0.307 e. The number of nitro benzene ring substituents is 1. The van der Waals surface area contributed by atoms with Crippen molar-refractivity contribution in [3.05, 3.63) is 64.2 Å². The zero-order chi connectivity index (χ0) is 19.3. The van der Waals surface area contributed by atoms with Gasteiger partial charge >= 0.3 is 0 Å². The number of nitro groups is 1.